The lowest BCUT2D eigenvalue weighted by Crippen LogP contribution is -2.38. The van der Waals surface area contributed by atoms with Crippen molar-refractivity contribution in [3.05, 3.63) is 64.1 Å². The van der Waals surface area contributed by atoms with Gasteiger partial charge in [-0.1, -0.05) is 24.3 Å². The first-order chi connectivity index (χ1) is 17.1. The molecule has 1 saturated heterocycles. The van der Waals surface area contributed by atoms with Gasteiger partial charge in [-0.05, 0) is 24.1 Å². The van der Waals surface area contributed by atoms with Crippen LogP contribution < -0.4 is 10.9 Å². The quantitative estimate of drug-likeness (QED) is 0.418. The number of pyridine rings is 1. The van der Waals surface area contributed by atoms with Gasteiger partial charge in [0.05, 0.1) is 12.6 Å². The van der Waals surface area contributed by atoms with Crippen LogP contribution in [0.25, 0.3) is 11.0 Å². The second-order valence-electron chi connectivity index (χ2n) is 9.39. The van der Waals surface area contributed by atoms with Gasteiger partial charge in [-0.3, -0.25) is 14.3 Å². The van der Waals surface area contributed by atoms with E-state index in [0.717, 1.165) is 15.7 Å². The van der Waals surface area contributed by atoms with E-state index in [1.165, 1.54) is 18.3 Å². The normalized spacial score (nSPS) is 17.3. The Morgan fingerprint density at radius 2 is 1.75 bits per heavy atom. The van der Waals surface area contributed by atoms with Crippen LogP contribution in [0.2, 0.25) is 0 Å². The van der Waals surface area contributed by atoms with Crippen molar-refractivity contribution in [2.75, 3.05) is 31.8 Å². The molecule has 3 heterocycles. The van der Waals surface area contributed by atoms with Gasteiger partial charge in [-0.2, -0.15) is 4.98 Å². The molecule has 0 radical (unpaired) electrons. The fraction of sp³-hybridized carbons (Fsp3) is 0.480. The summed E-state index contributed by atoms with van der Waals surface area (Å²) in [6.07, 6.45) is 1.20. The first-order valence-electron chi connectivity index (χ1n) is 11.7. The fourth-order valence-electron chi connectivity index (χ4n) is 4.18. The number of likely N-dealkylation sites (tertiary alicyclic amines) is 1. The molecule has 0 amide bonds. The highest BCUT2D eigenvalue weighted by Gasteiger charge is 2.34. The summed E-state index contributed by atoms with van der Waals surface area (Å²) in [5.41, 5.74) is -1.45. The van der Waals surface area contributed by atoms with Crippen molar-refractivity contribution in [1.82, 2.24) is 19.4 Å². The van der Waals surface area contributed by atoms with E-state index in [4.69, 9.17) is 0 Å². The Hall–Kier alpha value is -3.08. The standard InChI is InChI=1S/C25H28F5N5O/c1-17(19-4-2-18(3-5-19)13-34-10-8-25(29,30)9-11-34)32-23-31-12-20-6-7-21(36)35(22(20)33-23)16-24(28,14-26)15-27/h2-7,12,17H,8-11,13-16H2,1H3,(H,31,32,33). The average Bonchev–Trinajstić information content (AvgIpc) is 2.87. The van der Waals surface area contributed by atoms with Crippen molar-refractivity contribution in [3.63, 3.8) is 0 Å². The molecule has 6 nitrogen and oxygen atoms in total. The third-order valence-electron chi connectivity index (χ3n) is 6.46. The van der Waals surface area contributed by atoms with Crippen LogP contribution >= 0.6 is 0 Å². The number of benzene rings is 1. The number of nitrogens with one attached hydrogen (secondary N) is 1. The van der Waals surface area contributed by atoms with E-state index in [0.29, 0.717) is 25.0 Å². The summed E-state index contributed by atoms with van der Waals surface area (Å²) in [5.74, 6) is -2.41. The number of nitrogens with zero attached hydrogens (tertiary/aromatic N) is 4. The van der Waals surface area contributed by atoms with Crippen molar-refractivity contribution < 1.29 is 22.0 Å². The first kappa shape index (κ1) is 26.0. The molecule has 0 saturated carbocycles. The van der Waals surface area contributed by atoms with Crippen LogP contribution in [0.15, 0.2) is 47.4 Å². The molecule has 1 aromatic carbocycles. The van der Waals surface area contributed by atoms with Crippen LogP contribution in [0.3, 0.4) is 0 Å². The minimum atomic E-state index is -2.82. The van der Waals surface area contributed by atoms with Gasteiger partial charge in [-0.15, -0.1) is 0 Å². The third kappa shape index (κ3) is 6.00. The molecule has 1 aliphatic heterocycles. The number of halogens is 5. The van der Waals surface area contributed by atoms with Gasteiger partial charge in [0.15, 0.2) is 5.67 Å². The van der Waals surface area contributed by atoms with Gasteiger partial charge in [0.25, 0.3) is 11.5 Å². The minimum Gasteiger partial charge on any atom is -0.348 e. The van der Waals surface area contributed by atoms with Crippen LogP contribution in [0.4, 0.5) is 27.9 Å². The predicted octanol–water partition coefficient (Wildman–Crippen LogP) is 4.84. The minimum absolute atomic E-state index is 0.0681. The smallest absolute Gasteiger partial charge is 0.252 e. The van der Waals surface area contributed by atoms with Gasteiger partial charge in [-0.25, -0.2) is 26.9 Å². The largest absolute Gasteiger partial charge is 0.348 e. The third-order valence-corrected chi connectivity index (χ3v) is 6.46. The van der Waals surface area contributed by atoms with E-state index < -0.39 is 37.0 Å². The van der Waals surface area contributed by atoms with Crippen molar-refractivity contribution >= 4 is 17.0 Å². The molecular weight excluding hydrogens is 481 g/mol. The van der Waals surface area contributed by atoms with Crippen LogP contribution in [-0.4, -0.2) is 57.5 Å². The van der Waals surface area contributed by atoms with Crippen LogP contribution in [0.1, 0.15) is 36.9 Å². The van der Waals surface area contributed by atoms with Crippen molar-refractivity contribution in [1.29, 1.82) is 0 Å². The number of aromatic nitrogens is 3. The zero-order valence-electron chi connectivity index (χ0n) is 19.9. The van der Waals surface area contributed by atoms with Gasteiger partial charge in [0.1, 0.15) is 19.0 Å². The zero-order chi connectivity index (χ0) is 25.9. The van der Waals surface area contributed by atoms with E-state index in [1.807, 2.05) is 36.1 Å². The summed E-state index contributed by atoms with van der Waals surface area (Å²) in [4.78, 5) is 22.9. The van der Waals surface area contributed by atoms with Crippen molar-refractivity contribution in [3.8, 4) is 0 Å². The number of hydrogen-bond donors (Lipinski definition) is 1. The summed E-state index contributed by atoms with van der Waals surface area (Å²) in [6, 6.07) is 10.1. The molecule has 36 heavy (non-hydrogen) atoms. The SMILES string of the molecule is CC(Nc1ncc2ccc(=O)n(CC(F)(CF)CF)c2n1)c1ccc(CN2CCC(F)(F)CC2)cc1. The van der Waals surface area contributed by atoms with Crippen molar-refractivity contribution in [2.24, 2.45) is 0 Å². The zero-order valence-corrected chi connectivity index (χ0v) is 19.9. The van der Waals surface area contributed by atoms with Gasteiger partial charge < -0.3 is 5.32 Å². The number of alkyl halides is 5. The molecule has 1 unspecified atom stereocenters. The Bertz CT molecular complexity index is 1240. The topological polar surface area (TPSA) is 63.1 Å². The second kappa shape index (κ2) is 10.5. The summed E-state index contributed by atoms with van der Waals surface area (Å²) < 4.78 is 68.2. The Labute approximate surface area is 205 Å². The molecule has 2 aromatic heterocycles. The van der Waals surface area contributed by atoms with Crippen LogP contribution in [0.5, 0.6) is 0 Å². The van der Waals surface area contributed by atoms with Gasteiger partial charge in [0, 0.05) is 50.1 Å². The lowest BCUT2D eigenvalue weighted by atomic mass is 10.0. The first-order valence-corrected chi connectivity index (χ1v) is 11.7. The maximum Gasteiger partial charge on any atom is 0.252 e. The summed E-state index contributed by atoms with van der Waals surface area (Å²) in [5, 5.41) is 3.55. The summed E-state index contributed by atoms with van der Waals surface area (Å²) >= 11 is 0. The maximum absolute atomic E-state index is 14.4. The molecule has 194 valence electrons. The number of fused-ring (bicyclic) bond motifs is 1. The van der Waals surface area contributed by atoms with E-state index in [9.17, 15) is 26.7 Å². The van der Waals surface area contributed by atoms with Crippen LogP contribution in [-0.2, 0) is 13.1 Å². The lowest BCUT2D eigenvalue weighted by Gasteiger charge is -2.31. The molecule has 4 rings (SSSR count). The van der Waals surface area contributed by atoms with E-state index in [1.54, 1.807) is 0 Å². The predicted molar refractivity (Wildman–Crippen MR) is 128 cm³/mol. The molecule has 0 aliphatic carbocycles. The van der Waals surface area contributed by atoms with Crippen LogP contribution in [0, 0.1) is 0 Å². The van der Waals surface area contributed by atoms with Gasteiger partial charge in [0.2, 0.25) is 5.95 Å². The Kier molecular flexibility index (Phi) is 7.58. The molecule has 11 heteroatoms. The average molecular weight is 510 g/mol. The molecule has 0 spiro atoms. The number of hydrogen-bond acceptors (Lipinski definition) is 5. The van der Waals surface area contributed by atoms with E-state index >= 15 is 0 Å². The molecule has 3 aromatic rings. The molecular formula is C25H28F5N5O. The highest BCUT2D eigenvalue weighted by Crippen LogP contribution is 2.28. The monoisotopic (exact) mass is 509 g/mol. The Morgan fingerprint density at radius 3 is 2.39 bits per heavy atom. The molecule has 0 bridgehead atoms. The molecule has 1 fully saturated rings. The Balaban J connectivity index is 1.47. The molecule has 1 N–H and O–H groups in total. The highest BCUT2D eigenvalue weighted by molar-refractivity contribution is 5.75. The van der Waals surface area contributed by atoms with Gasteiger partial charge >= 0.3 is 0 Å². The highest BCUT2D eigenvalue weighted by atomic mass is 19.3. The van der Waals surface area contributed by atoms with Crippen molar-refractivity contribution in [2.45, 2.75) is 50.5 Å². The Morgan fingerprint density at radius 1 is 1.08 bits per heavy atom. The molecule has 1 atom stereocenters. The van der Waals surface area contributed by atoms with E-state index in [-0.39, 0.29) is 30.5 Å². The fourth-order valence-corrected chi connectivity index (χ4v) is 4.18. The number of rotatable bonds is 9. The molecule has 1 aliphatic rings. The second-order valence-corrected chi connectivity index (χ2v) is 9.39. The maximum atomic E-state index is 14.4. The lowest BCUT2D eigenvalue weighted by molar-refractivity contribution is -0.0566. The van der Waals surface area contributed by atoms with E-state index in [2.05, 4.69) is 15.3 Å². The number of piperidine rings is 1. The summed E-state index contributed by atoms with van der Waals surface area (Å²) in [6.45, 7) is -0.754. The number of anilines is 1. The summed E-state index contributed by atoms with van der Waals surface area (Å²) in [7, 11) is 0.